The molecule has 0 radical (unpaired) electrons. The summed E-state index contributed by atoms with van der Waals surface area (Å²) in [6.07, 6.45) is 4.43. The molecule has 0 aliphatic rings. The highest BCUT2D eigenvalue weighted by Gasteiger charge is 2.01. The van der Waals surface area contributed by atoms with E-state index in [2.05, 4.69) is 25.3 Å². The number of hydrogen-bond acceptors (Lipinski definition) is 4. The van der Waals surface area contributed by atoms with Gasteiger partial charge in [-0.15, -0.1) is 0 Å². The smallest absolute Gasteiger partial charge is 0.141 e. The van der Waals surface area contributed by atoms with Gasteiger partial charge in [0.05, 0.1) is 29.8 Å². The third-order valence-corrected chi connectivity index (χ3v) is 2.29. The molecule has 0 saturated heterocycles. The van der Waals surface area contributed by atoms with Crippen LogP contribution >= 0.6 is 0 Å². The van der Waals surface area contributed by atoms with Crippen LogP contribution in [-0.4, -0.2) is 19.9 Å². The van der Waals surface area contributed by atoms with E-state index in [9.17, 15) is 4.39 Å². The van der Waals surface area contributed by atoms with Gasteiger partial charge in [-0.3, -0.25) is 0 Å². The minimum atomic E-state index is -0.369. The summed E-state index contributed by atoms with van der Waals surface area (Å²) in [5, 5.41) is 2.97. The van der Waals surface area contributed by atoms with Crippen LogP contribution in [0.2, 0.25) is 0 Å². The average molecular weight is 229 g/mol. The largest absolute Gasteiger partial charge is 0.343 e. The van der Waals surface area contributed by atoms with Crippen LogP contribution in [0, 0.1) is 5.82 Å². The maximum Gasteiger partial charge on any atom is 0.141 e. The maximum atomic E-state index is 12.7. The molecule has 0 aliphatic heterocycles. The monoisotopic (exact) mass is 229 g/mol. The number of anilines is 2. The van der Waals surface area contributed by atoms with Crippen molar-refractivity contribution in [2.75, 3.05) is 5.32 Å². The van der Waals surface area contributed by atoms with Crippen LogP contribution in [0.5, 0.6) is 0 Å². The zero-order chi connectivity index (χ0) is 11.7. The Morgan fingerprint density at radius 3 is 2.76 bits per heavy atom. The van der Waals surface area contributed by atoms with Gasteiger partial charge < -0.3 is 10.3 Å². The van der Waals surface area contributed by atoms with E-state index in [1.54, 1.807) is 24.7 Å². The summed E-state index contributed by atoms with van der Waals surface area (Å²) in [6.45, 7) is 0. The number of aromatic amines is 1. The van der Waals surface area contributed by atoms with Crippen molar-refractivity contribution in [1.29, 1.82) is 0 Å². The van der Waals surface area contributed by atoms with Crippen LogP contribution in [0.4, 0.5) is 16.0 Å². The quantitative estimate of drug-likeness (QED) is 0.707. The number of aromatic nitrogens is 4. The third kappa shape index (κ3) is 1.92. The number of hydrogen-bond donors (Lipinski definition) is 2. The van der Waals surface area contributed by atoms with Gasteiger partial charge in [-0.2, -0.15) is 0 Å². The molecule has 84 valence electrons. The first kappa shape index (κ1) is 9.71. The van der Waals surface area contributed by atoms with Crippen LogP contribution in [0.1, 0.15) is 0 Å². The van der Waals surface area contributed by atoms with Crippen molar-refractivity contribution < 1.29 is 4.39 Å². The lowest BCUT2D eigenvalue weighted by atomic mass is 10.4. The van der Waals surface area contributed by atoms with Crippen molar-refractivity contribution in [2.45, 2.75) is 0 Å². The number of halogens is 1. The Balaban J connectivity index is 1.91. The van der Waals surface area contributed by atoms with E-state index in [-0.39, 0.29) is 5.82 Å². The topological polar surface area (TPSA) is 66.5 Å². The SMILES string of the molecule is Fc1ccc(Nc2cc3nc[nH]c3cn2)nc1. The number of fused-ring (bicyclic) bond motifs is 1. The molecule has 0 saturated carbocycles. The fraction of sp³-hybridized carbons (Fsp3) is 0. The van der Waals surface area contributed by atoms with Gasteiger partial charge in [-0.25, -0.2) is 19.3 Å². The molecule has 3 heterocycles. The normalized spacial score (nSPS) is 10.6. The highest BCUT2D eigenvalue weighted by molar-refractivity contribution is 5.77. The first-order valence-electron chi connectivity index (χ1n) is 4.99. The number of nitrogens with one attached hydrogen (secondary N) is 2. The van der Waals surface area contributed by atoms with E-state index < -0.39 is 0 Å². The first-order chi connectivity index (χ1) is 8.31. The van der Waals surface area contributed by atoms with Crippen molar-refractivity contribution >= 4 is 22.7 Å². The Kier molecular flexibility index (Phi) is 2.18. The Labute approximate surface area is 95.8 Å². The maximum absolute atomic E-state index is 12.7. The molecule has 17 heavy (non-hydrogen) atoms. The predicted octanol–water partition coefficient (Wildman–Crippen LogP) is 2.24. The van der Waals surface area contributed by atoms with Gasteiger partial charge in [0, 0.05) is 6.07 Å². The van der Waals surface area contributed by atoms with Gasteiger partial charge in [-0.1, -0.05) is 0 Å². The van der Waals surface area contributed by atoms with E-state index in [0.717, 1.165) is 17.2 Å². The van der Waals surface area contributed by atoms with Gasteiger partial charge in [-0.05, 0) is 12.1 Å². The van der Waals surface area contributed by atoms with Gasteiger partial charge in [0.1, 0.15) is 17.5 Å². The molecule has 0 bridgehead atoms. The second-order valence-electron chi connectivity index (χ2n) is 3.48. The molecule has 3 aromatic heterocycles. The van der Waals surface area contributed by atoms with Crippen LogP contribution in [0.3, 0.4) is 0 Å². The molecule has 0 atom stereocenters. The van der Waals surface area contributed by atoms with E-state index in [1.807, 2.05) is 0 Å². The standard InChI is InChI=1S/C11H8FN5/c12-7-1-2-10(13-4-7)17-11-3-8-9(5-14-11)16-6-15-8/h1-6H,(H,15,16)(H,13,14,17). The number of nitrogens with zero attached hydrogens (tertiary/aromatic N) is 3. The lowest BCUT2D eigenvalue weighted by molar-refractivity contribution is 0.622. The van der Waals surface area contributed by atoms with Crippen LogP contribution in [0.15, 0.2) is 36.9 Å². The van der Waals surface area contributed by atoms with Crippen LogP contribution in [0.25, 0.3) is 11.0 Å². The fourth-order valence-electron chi connectivity index (χ4n) is 1.48. The average Bonchev–Trinajstić information content (AvgIpc) is 2.79. The number of imidazole rings is 1. The molecule has 3 rings (SSSR count). The van der Waals surface area contributed by atoms with Crippen LogP contribution < -0.4 is 5.32 Å². The van der Waals surface area contributed by atoms with Crippen molar-refractivity contribution in [3.05, 3.63) is 42.7 Å². The molecule has 6 heteroatoms. The van der Waals surface area contributed by atoms with E-state index in [1.165, 1.54) is 6.07 Å². The molecule has 2 N–H and O–H groups in total. The molecule has 0 unspecified atom stereocenters. The third-order valence-electron chi connectivity index (χ3n) is 2.29. The Hall–Kier alpha value is -2.50. The second kappa shape index (κ2) is 3.82. The van der Waals surface area contributed by atoms with E-state index in [0.29, 0.717) is 11.6 Å². The summed E-state index contributed by atoms with van der Waals surface area (Å²) in [5.41, 5.74) is 1.67. The predicted molar refractivity (Wildman–Crippen MR) is 61.4 cm³/mol. The van der Waals surface area contributed by atoms with Crippen molar-refractivity contribution in [1.82, 2.24) is 19.9 Å². The minimum absolute atomic E-state index is 0.369. The van der Waals surface area contributed by atoms with Crippen molar-refractivity contribution in [3.63, 3.8) is 0 Å². The molecular weight excluding hydrogens is 221 g/mol. The van der Waals surface area contributed by atoms with Crippen LogP contribution in [-0.2, 0) is 0 Å². The molecule has 0 amide bonds. The first-order valence-corrected chi connectivity index (χ1v) is 4.99. The number of rotatable bonds is 2. The highest BCUT2D eigenvalue weighted by Crippen LogP contribution is 2.16. The van der Waals surface area contributed by atoms with Gasteiger partial charge >= 0.3 is 0 Å². The summed E-state index contributed by atoms with van der Waals surface area (Å²) in [5.74, 6) is 0.781. The molecule has 0 spiro atoms. The zero-order valence-electron chi connectivity index (χ0n) is 8.68. The van der Waals surface area contributed by atoms with Gasteiger partial charge in [0.25, 0.3) is 0 Å². The Morgan fingerprint density at radius 1 is 1.06 bits per heavy atom. The van der Waals surface area contributed by atoms with Crippen molar-refractivity contribution in [3.8, 4) is 0 Å². The van der Waals surface area contributed by atoms with E-state index in [4.69, 9.17) is 0 Å². The van der Waals surface area contributed by atoms with Gasteiger partial charge in [0.15, 0.2) is 0 Å². The summed E-state index contributed by atoms with van der Waals surface area (Å²) >= 11 is 0. The summed E-state index contributed by atoms with van der Waals surface area (Å²) in [6, 6.07) is 4.67. The lowest BCUT2D eigenvalue weighted by Crippen LogP contribution is -1.95. The lowest BCUT2D eigenvalue weighted by Gasteiger charge is -2.03. The number of H-pyrrole nitrogens is 1. The molecule has 0 aromatic carbocycles. The Morgan fingerprint density at radius 2 is 1.94 bits per heavy atom. The molecule has 3 aromatic rings. The molecule has 5 nitrogen and oxygen atoms in total. The molecule has 0 aliphatic carbocycles. The summed E-state index contributed by atoms with van der Waals surface area (Å²) in [4.78, 5) is 15.1. The zero-order valence-corrected chi connectivity index (χ0v) is 8.68. The summed E-state index contributed by atoms with van der Waals surface area (Å²) in [7, 11) is 0. The molecule has 0 fully saturated rings. The summed E-state index contributed by atoms with van der Waals surface area (Å²) < 4.78 is 12.7. The Bertz CT molecular complexity index is 646. The van der Waals surface area contributed by atoms with E-state index >= 15 is 0 Å². The highest BCUT2D eigenvalue weighted by atomic mass is 19.1. The molecular formula is C11H8FN5. The fourth-order valence-corrected chi connectivity index (χ4v) is 1.48. The van der Waals surface area contributed by atoms with Gasteiger partial charge in [0.2, 0.25) is 0 Å². The second-order valence-corrected chi connectivity index (χ2v) is 3.48. The van der Waals surface area contributed by atoms with Crippen molar-refractivity contribution in [2.24, 2.45) is 0 Å². The minimum Gasteiger partial charge on any atom is -0.343 e. The number of pyridine rings is 2.